The quantitative estimate of drug-likeness (QED) is 0.733. The summed E-state index contributed by atoms with van der Waals surface area (Å²) in [4.78, 5) is 12.4. The Kier molecular flexibility index (Phi) is 4.72. The summed E-state index contributed by atoms with van der Waals surface area (Å²) in [6.07, 6.45) is 2.05. The van der Waals surface area contributed by atoms with E-state index in [-0.39, 0.29) is 11.9 Å². The molecule has 2 aromatic carbocycles. The van der Waals surface area contributed by atoms with Crippen molar-refractivity contribution in [1.29, 1.82) is 0 Å². The molecule has 1 atom stereocenters. The van der Waals surface area contributed by atoms with Gasteiger partial charge in [-0.15, -0.1) is 0 Å². The maximum Gasteiger partial charge on any atom is 0.251 e. The van der Waals surface area contributed by atoms with E-state index in [0.29, 0.717) is 5.56 Å². The van der Waals surface area contributed by atoms with Crippen LogP contribution in [0.5, 0.6) is 0 Å². The van der Waals surface area contributed by atoms with E-state index in [1.807, 2.05) is 61.5 Å². The molecule has 0 aliphatic carbocycles. The van der Waals surface area contributed by atoms with E-state index in [0.717, 1.165) is 28.0 Å². The van der Waals surface area contributed by atoms with Gasteiger partial charge in [-0.1, -0.05) is 30.3 Å². The normalized spacial score (nSPS) is 12.3. The van der Waals surface area contributed by atoms with Crippen LogP contribution in [0, 0.1) is 0 Å². The summed E-state index contributed by atoms with van der Waals surface area (Å²) < 4.78 is 5.81. The Morgan fingerprint density at radius 3 is 2.78 bits per heavy atom. The molecule has 0 bridgehead atoms. The van der Waals surface area contributed by atoms with Crippen LogP contribution in [-0.4, -0.2) is 12.2 Å². The zero-order valence-corrected chi connectivity index (χ0v) is 14.0. The SMILES string of the molecule is CSCc1cccc(C(=O)N[C@H](C)c2cc3ccccc3o2)c1. The van der Waals surface area contributed by atoms with Crippen molar-refractivity contribution in [2.45, 2.75) is 18.7 Å². The number of thioether (sulfide) groups is 1. The van der Waals surface area contributed by atoms with Crippen molar-refractivity contribution in [3.63, 3.8) is 0 Å². The molecule has 23 heavy (non-hydrogen) atoms. The van der Waals surface area contributed by atoms with Gasteiger partial charge in [-0.2, -0.15) is 11.8 Å². The van der Waals surface area contributed by atoms with Gasteiger partial charge in [0.1, 0.15) is 11.3 Å². The third-order valence-electron chi connectivity index (χ3n) is 3.72. The first kappa shape index (κ1) is 15.7. The van der Waals surface area contributed by atoms with Gasteiger partial charge in [0.2, 0.25) is 0 Å². The third-order valence-corrected chi connectivity index (χ3v) is 4.34. The summed E-state index contributed by atoms with van der Waals surface area (Å²) in [6.45, 7) is 1.93. The van der Waals surface area contributed by atoms with Gasteiger partial charge in [0, 0.05) is 16.7 Å². The van der Waals surface area contributed by atoms with Crippen LogP contribution in [0.4, 0.5) is 0 Å². The molecule has 3 aromatic rings. The second kappa shape index (κ2) is 6.92. The lowest BCUT2D eigenvalue weighted by molar-refractivity contribution is 0.0935. The highest BCUT2D eigenvalue weighted by atomic mass is 32.2. The van der Waals surface area contributed by atoms with Gasteiger partial charge in [0.25, 0.3) is 5.91 Å². The number of rotatable bonds is 5. The predicted octanol–water partition coefficient (Wildman–Crippen LogP) is 4.79. The van der Waals surface area contributed by atoms with E-state index in [1.165, 1.54) is 0 Å². The Labute approximate surface area is 140 Å². The third kappa shape index (κ3) is 3.59. The largest absolute Gasteiger partial charge is 0.459 e. The van der Waals surface area contributed by atoms with Crippen LogP contribution < -0.4 is 5.32 Å². The molecule has 0 aliphatic heterocycles. The fourth-order valence-electron chi connectivity index (χ4n) is 2.54. The smallest absolute Gasteiger partial charge is 0.251 e. The number of carbonyl (C=O) groups excluding carboxylic acids is 1. The van der Waals surface area contributed by atoms with E-state index < -0.39 is 0 Å². The Bertz CT molecular complexity index is 792. The zero-order valence-electron chi connectivity index (χ0n) is 13.2. The minimum atomic E-state index is -0.181. The molecule has 118 valence electrons. The predicted molar refractivity (Wildman–Crippen MR) is 95.8 cm³/mol. The Hall–Kier alpha value is -2.20. The summed E-state index contributed by atoms with van der Waals surface area (Å²) in [6, 6.07) is 17.4. The molecule has 0 saturated heterocycles. The van der Waals surface area contributed by atoms with Crippen LogP contribution in [0.1, 0.15) is 34.6 Å². The first-order chi connectivity index (χ1) is 11.2. The van der Waals surface area contributed by atoms with E-state index in [4.69, 9.17) is 4.42 Å². The second-order valence-electron chi connectivity index (χ2n) is 5.52. The molecule has 0 fully saturated rings. The Balaban J connectivity index is 1.75. The van der Waals surface area contributed by atoms with Crippen LogP contribution in [0.15, 0.2) is 59.0 Å². The molecule has 1 amide bonds. The van der Waals surface area contributed by atoms with Gasteiger partial charge in [0.05, 0.1) is 6.04 Å². The maximum atomic E-state index is 12.4. The minimum absolute atomic E-state index is 0.0825. The lowest BCUT2D eigenvalue weighted by Gasteiger charge is -2.12. The first-order valence-corrected chi connectivity index (χ1v) is 8.94. The van der Waals surface area contributed by atoms with Crippen molar-refractivity contribution in [3.8, 4) is 0 Å². The van der Waals surface area contributed by atoms with Crippen molar-refractivity contribution in [2.24, 2.45) is 0 Å². The summed E-state index contributed by atoms with van der Waals surface area (Å²) in [5.41, 5.74) is 2.67. The highest BCUT2D eigenvalue weighted by molar-refractivity contribution is 7.97. The topological polar surface area (TPSA) is 42.2 Å². The van der Waals surface area contributed by atoms with Crippen LogP contribution in [0.25, 0.3) is 11.0 Å². The monoisotopic (exact) mass is 325 g/mol. The van der Waals surface area contributed by atoms with Crippen molar-refractivity contribution >= 4 is 28.6 Å². The molecule has 0 spiro atoms. The number of fused-ring (bicyclic) bond motifs is 1. The van der Waals surface area contributed by atoms with E-state index in [1.54, 1.807) is 11.8 Å². The van der Waals surface area contributed by atoms with Crippen LogP contribution >= 0.6 is 11.8 Å². The van der Waals surface area contributed by atoms with Crippen molar-refractivity contribution in [3.05, 3.63) is 71.5 Å². The molecule has 0 aliphatic rings. The summed E-state index contributed by atoms with van der Waals surface area (Å²) in [5, 5.41) is 4.05. The molecule has 0 radical (unpaired) electrons. The standard InChI is InChI=1S/C19H19NO2S/c1-13(18-11-15-7-3-4-9-17(15)22-18)20-19(21)16-8-5-6-14(10-16)12-23-2/h3-11,13H,12H2,1-2H3,(H,20,21)/t13-/m1/s1. The number of carbonyl (C=O) groups is 1. The molecular weight excluding hydrogens is 306 g/mol. The Morgan fingerprint density at radius 2 is 2.00 bits per heavy atom. The summed E-state index contributed by atoms with van der Waals surface area (Å²) in [7, 11) is 0. The molecule has 1 N–H and O–H groups in total. The van der Waals surface area contributed by atoms with Gasteiger partial charge in [-0.05, 0) is 43.0 Å². The average Bonchev–Trinajstić information content (AvgIpc) is 2.99. The Morgan fingerprint density at radius 1 is 1.17 bits per heavy atom. The molecule has 1 heterocycles. The summed E-state index contributed by atoms with van der Waals surface area (Å²) in [5.74, 6) is 1.58. The number of nitrogens with one attached hydrogen (secondary N) is 1. The molecule has 0 saturated carbocycles. The first-order valence-electron chi connectivity index (χ1n) is 7.54. The molecule has 4 heteroatoms. The second-order valence-corrected chi connectivity index (χ2v) is 6.38. The van der Waals surface area contributed by atoms with Gasteiger partial charge in [-0.3, -0.25) is 4.79 Å². The van der Waals surface area contributed by atoms with Crippen molar-refractivity contribution in [2.75, 3.05) is 6.26 Å². The fraction of sp³-hybridized carbons (Fsp3) is 0.211. The minimum Gasteiger partial charge on any atom is -0.459 e. The highest BCUT2D eigenvalue weighted by Crippen LogP contribution is 2.24. The molecule has 3 rings (SSSR count). The van der Waals surface area contributed by atoms with E-state index in [9.17, 15) is 4.79 Å². The van der Waals surface area contributed by atoms with Crippen molar-refractivity contribution < 1.29 is 9.21 Å². The van der Waals surface area contributed by atoms with Gasteiger partial charge in [-0.25, -0.2) is 0 Å². The molecule has 1 aromatic heterocycles. The number of hydrogen-bond donors (Lipinski definition) is 1. The average molecular weight is 325 g/mol. The van der Waals surface area contributed by atoms with E-state index in [2.05, 4.69) is 11.6 Å². The van der Waals surface area contributed by atoms with Gasteiger partial charge < -0.3 is 9.73 Å². The van der Waals surface area contributed by atoms with E-state index >= 15 is 0 Å². The van der Waals surface area contributed by atoms with Gasteiger partial charge in [0.15, 0.2) is 0 Å². The highest BCUT2D eigenvalue weighted by Gasteiger charge is 2.15. The summed E-state index contributed by atoms with van der Waals surface area (Å²) >= 11 is 1.74. The molecule has 3 nitrogen and oxygen atoms in total. The lowest BCUT2D eigenvalue weighted by atomic mass is 10.1. The zero-order chi connectivity index (χ0) is 16.2. The van der Waals surface area contributed by atoms with Crippen LogP contribution in [-0.2, 0) is 5.75 Å². The van der Waals surface area contributed by atoms with Crippen LogP contribution in [0.2, 0.25) is 0 Å². The number of furan rings is 1. The number of para-hydroxylation sites is 1. The fourth-order valence-corrected chi connectivity index (χ4v) is 3.05. The number of hydrogen-bond acceptors (Lipinski definition) is 3. The van der Waals surface area contributed by atoms with Crippen molar-refractivity contribution in [1.82, 2.24) is 5.32 Å². The molecular formula is C19H19NO2S. The van der Waals surface area contributed by atoms with Gasteiger partial charge >= 0.3 is 0 Å². The lowest BCUT2D eigenvalue weighted by Crippen LogP contribution is -2.26. The van der Waals surface area contributed by atoms with Crippen LogP contribution in [0.3, 0.4) is 0 Å². The number of amides is 1. The maximum absolute atomic E-state index is 12.4. The molecule has 0 unspecified atom stereocenters. The number of benzene rings is 2.